The minimum Gasteiger partial charge on any atom is -0.545 e. The zero-order valence-corrected chi connectivity index (χ0v) is 16.2. The molecular formula is C19H20CoO8. The summed E-state index contributed by atoms with van der Waals surface area (Å²) in [6, 6.07) is 5.17. The SMILES string of the molecule is CCCCCC(COC(=O)c1cccc(C(=O)[O-])c1)OC(=O)/C=C\C(=O)[O-].[Co+2]. The van der Waals surface area contributed by atoms with Crippen LogP contribution in [0.15, 0.2) is 36.4 Å². The number of ether oxygens (including phenoxy) is 2. The van der Waals surface area contributed by atoms with Gasteiger partial charge < -0.3 is 29.3 Å². The monoisotopic (exact) mass is 435 g/mol. The number of hydrogen-bond acceptors (Lipinski definition) is 8. The molecule has 1 aromatic carbocycles. The molecule has 1 rings (SSSR count). The molecule has 0 saturated carbocycles. The number of rotatable bonds is 11. The number of carboxylic acid groups (broad SMARTS) is 2. The van der Waals surface area contributed by atoms with Crippen LogP contribution in [0.5, 0.6) is 0 Å². The summed E-state index contributed by atoms with van der Waals surface area (Å²) in [7, 11) is 0. The van der Waals surface area contributed by atoms with Crippen molar-refractivity contribution in [3.63, 3.8) is 0 Å². The first kappa shape index (κ1) is 25.3. The molecule has 153 valence electrons. The molecule has 8 nitrogen and oxygen atoms in total. The van der Waals surface area contributed by atoms with Gasteiger partial charge in [-0.25, -0.2) is 9.59 Å². The van der Waals surface area contributed by atoms with Crippen LogP contribution in [0.25, 0.3) is 0 Å². The van der Waals surface area contributed by atoms with Crippen LogP contribution < -0.4 is 10.2 Å². The van der Waals surface area contributed by atoms with Crippen molar-refractivity contribution in [2.24, 2.45) is 0 Å². The molecule has 1 unspecified atom stereocenters. The van der Waals surface area contributed by atoms with Crippen LogP contribution in [0.1, 0.15) is 53.3 Å². The van der Waals surface area contributed by atoms with Crippen LogP contribution in [-0.2, 0) is 35.8 Å². The van der Waals surface area contributed by atoms with Gasteiger partial charge >= 0.3 is 28.7 Å². The van der Waals surface area contributed by atoms with E-state index in [0.717, 1.165) is 25.3 Å². The Labute approximate surface area is 172 Å². The fourth-order valence-corrected chi connectivity index (χ4v) is 2.16. The number of carbonyl (C=O) groups is 4. The van der Waals surface area contributed by atoms with Crippen molar-refractivity contribution in [1.82, 2.24) is 0 Å². The van der Waals surface area contributed by atoms with Crippen LogP contribution >= 0.6 is 0 Å². The van der Waals surface area contributed by atoms with Gasteiger partial charge in [-0.3, -0.25) is 0 Å². The molecule has 1 aromatic rings. The molecule has 0 aromatic heterocycles. The Morgan fingerprint density at radius 3 is 2.36 bits per heavy atom. The zero-order valence-electron chi connectivity index (χ0n) is 15.2. The van der Waals surface area contributed by atoms with Crippen molar-refractivity contribution in [3.05, 3.63) is 47.5 Å². The Morgan fingerprint density at radius 1 is 1.07 bits per heavy atom. The largest absolute Gasteiger partial charge is 2.00 e. The fraction of sp³-hybridized carbons (Fsp3) is 0.368. The maximum absolute atomic E-state index is 12.1. The van der Waals surface area contributed by atoms with Gasteiger partial charge in [0.15, 0.2) is 0 Å². The number of esters is 2. The minimum atomic E-state index is -1.53. The summed E-state index contributed by atoms with van der Waals surface area (Å²) < 4.78 is 10.2. The van der Waals surface area contributed by atoms with Crippen molar-refractivity contribution in [2.45, 2.75) is 38.7 Å². The van der Waals surface area contributed by atoms with Crippen molar-refractivity contribution in [1.29, 1.82) is 0 Å². The van der Waals surface area contributed by atoms with Crippen LogP contribution in [0.4, 0.5) is 0 Å². The predicted octanol–water partition coefficient (Wildman–Crippen LogP) is 0.00260. The standard InChI is InChI=1S/C19H22O8.Co/c1-2-3-4-8-15(27-17(22)10-9-16(20)21)12-26-19(25)14-7-5-6-13(11-14)18(23)24;/h5-7,9-11,15H,2-4,8,12H2,1H3,(H,20,21)(H,23,24);/q;+2/p-2/b10-9-;. The number of aliphatic carboxylic acids is 1. The van der Waals surface area contributed by atoms with E-state index in [0.29, 0.717) is 18.6 Å². The number of aromatic carboxylic acids is 1. The van der Waals surface area contributed by atoms with Gasteiger partial charge in [0, 0.05) is 6.08 Å². The van der Waals surface area contributed by atoms with Gasteiger partial charge in [0.2, 0.25) is 0 Å². The molecule has 0 amide bonds. The summed E-state index contributed by atoms with van der Waals surface area (Å²) in [5.74, 6) is -4.62. The summed E-state index contributed by atoms with van der Waals surface area (Å²) >= 11 is 0. The second-order valence-corrected chi connectivity index (χ2v) is 5.67. The van der Waals surface area contributed by atoms with Crippen LogP contribution in [0.2, 0.25) is 0 Å². The predicted molar refractivity (Wildman–Crippen MR) is 89.2 cm³/mol. The summed E-state index contributed by atoms with van der Waals surface area (Å²) in [5.41, 5.74) is -0.144. The molecule has 0 saturated heterocycles. The zero-order chi connectivity index (χ0) is 20.2. The second-order valence-electron chi connectivity index (χ2n) is 5.67. The van der Waals surface area contributed by atoms with Crippen LogP contribution in [0.3, 0.4) is 0 Å². The number of carboxylic acids is 2. The van der Waals surface area contributed by atoms with E-state index in [4.69, 9.17) is 9.47 Å². The van der Waals surface area contributed by atoms with E-state index in [1.54, 1.807) is 0 Å². The van der Waals surface area contributed by atoms with Gasteiger partial charge in [0.05, 0.1) is 17.5 Å². The quantitative estimate of drug-likeness (QED) is 0.270. The topological polar surface area (TPSA) is 133 Å². The second kappa shape index (κ2) is 13.5. The third-order valence-electron chi connectivity index (χ3n) is 3.50. The van der Waals surface area contributed by atoms with Crippen molar-refractivity contribution < 1.29 is 55.6 Å². The normalized spacial score (nSPS) is 11.3. The molecule has 9 heteroatoms. The van der Waals surface area contributed by atoms with Gasteiger partial charge in [-0.2, -0.15) is 0 Å². The molecule has 0 heterocycles. The number of benzene rings is 1. The average molecular weight is 435 g/mol. The van der Waals surface area contributed by atoms with Gasteiger partial charge in [-0.05, 0) is 36.6 Å². The number of unbranched alkanes of at least 4 members (excludes halogenated alkanes) is 2. The molecule has 0 spiro atoms. The molecule has 1 atom stereocenters. The molecule has 0 aliphatic rings. The molecule has 0 N–H and O–H groups in total. The maximum Gasteiger partial charge on any atom is 2.00 e. The van der Waals surface area contributed by atoms with Crippen LogP contribution in [-0.4, -0.2) is 36.6 Å². The first-order chi connectivity index (χ1) is 12.8. The molecule has 0 fully saturated rings. The number of hydrogen-bond donors (Lipinski definition) is 0. The number of carbonyl (C=O) groups excluding carboxylic acids is 4. The molecule has 1 radical (unpaired) electrons. The van der Waals surface area contributed by atoms with E-state index in [2.05, 4.69) is 0 Å². The van der Waals surface area contributed by atoms with E-state index >= 15 is 0 Å². The first-order valence-corrected chi connectivity index (χ1v) is 8.41. The Hall–Kier alpha value is -2.65. The van der Waals surface area contributed by atoms with Crippen LogP contribution in [0, 0.1) is 0 Å². The summed E-state index contributed by atoms with van der Waals surface area (Å²) in [5, 5.41) is 21.2. The van der Waals surface area contributed by atoms with Gasteiger partial charge in [-0.1, -0.05) is 31.9 Å². The Balaban J connectivity index is 0.00000729. The smallest absolute Gasteiger partial charge is 0.545 e. The summed E-state index contributed by atoms with van der Waals surface area (Å²) in [4.78, 5) is 44.9. The van der Waals surface area contributed by atoms with E-state index in [1.807, 2.05) is 6.92 Å². The Morgan fingerprint density at radius 2 is 1.75 bits per heavy atom. The average Bonchev–Trinajstić information content (AvgIpc) is 2.64. The van der Waals surface area contributed by atoms with Gasteiger partial charge in [0.25, 0.3) is 0 Å². The van der Waals surface area contributed by atoms with E-state index < -0.39 is 30.0 Å². The maximum atomic E-state index is 12.1. The van der Waals surface area contributed by atoms with E-state index in [-0.39, 0.29) is 34.5 Å². The van der Waals surface area contributed by atoms with Crippen molar-refractivity contribution in [3.8, 4) is 0 Å². The molecule has 0 aliphatic heterocycles. The first-order valence-electron chi connectivity index (χ1n) is 8.41. The molecular weight excluding hydrogens is 415 g/mol. The Bertz CT molecular complexity index is 714. The third kappa shape index (κ3) is 9.88. The molecule has 0 bridgehead atoms. The van der Waals surface area contributed by atoms with Gasteiger partial charge in [-0.15, -0.1) is 0 Å². The fourth-order valence-electron chi connectivity index (χ4n) is 2.16. The molecule has 28 heavy (non-hydrogen) atoms. The van der Waals surface area contributed by atoms with Crippen molar-refractivity contribution in [2.75, 3.05) is 6.61 Å². The summed E-state index contributed by atoms with van der Waals surface area (Å²) in [6.07, 6.45) is 3.45. The van der Waals surface area contributed by atoms with E-state index in [9.17, 15) is 29.4 Å². The van der Waals surface area contributed by atoms with Crippen molar-refractivity contribution >= 4 is 23.9 Å². The Kier molecular flexibility index (Phi) is 12.2. The van der Waals surface area contributed by atoms with E-state index in [1.165, 1.54) is 18.2 Å². The minimum absolute atomic E-state index is 0. The van der Waals surface area contributed by atoms with Gasteiger partial charge in [0.1, 0.15) is 12.7 Å². The third-order valence-corrected chi connectivity index (χ3v) is 3.50. The molecule has 0 aliphatic carbocycles. The summed E-state index contributed by atoms with van der Waals surface area (Å²) in [6.45, 7) is 1.75.